The zero-order valence-electron chi connectivity index (χ0n) is 8.11. The van der Waals surface area contributed by atoms with Crippen LogP contribution in [0.3, 0.4) is 0 Å². The Balaban J connectivity index is 2.62. The Labute approximate surface area is 88.1 Å². The van der Waals surface area contributed by atoms with Gasteiger partial charge in [0, 0.05) is 16.6 Å². The van der Waals surface area contributed by atoms with Crippen molar-refractivity contribution < 1.29 is 4.39 Å². The van der Waals surface area contributed by atoms with Gasteiger partial charge in [-0.3, -0.25) is 0 Å². The molecule has 0 radical (unpaired) electrons. The van der Waals surface area contributed by atoms with Crippen LogP contribution in [0.1, 0.15) is 36.1 Å². The molecule has 0 aliphatic heterocycles. The summed E-state index contributed by atoms with van der Waals surface area (Å²) in [5.74, 6) is -0.142. The molecule has 2 N–H and O–H groups in total. The van der Waals surface area contributed by atoms with Gasteiger partial charge in [-0.2, -0.15) is 0 Å². The first-order chi connectivity index (χ1) is 6.61. The van der Waals surface area contributed by atoms with Gasteiger partial charge in [0.25, 0.3) is 0 Å². The number of rotatable bonds is 1. The quantitative estimate of drug-likeness (QED) is 0.763. The van der Waals surface area contributed by atoms with E-state index in [9.17, 15) is 4.39 Å². The fourth-order valence-electron chi connectivity index (χ4n) is 2.04. The minimum atomic E-state index is -0.293. The van der Waals surface area contributed by atoms with E-state index in [1.807, 2.05) is 0 Å². The molecule has 76 valence electrons. The molecule has 0 spiro atoms. The Kier molecular flexibility index (Phi) is 2.50. The topological polar surface area (TPSA) is 26.0 Å². The van der Waals surface area contributed by atoms with Crippen molar-refractivity contribution in [3.8, 4) is 0 Å². The number of hydrogen-bond acceptors (Lipinski definition) is 1. The second-order valence-corrected chi connectivity index (χ2v) is 4.27. The molecule has 0 saturated heterocycles. The molecular formula is C11H13ClFN. The fourth-order valence-corrected chi connectivity index (χ4v) is 2.37. The fraction of sp³-hybridized carbons (Fsp3) is 0.455. The van der Waals surface area contributed by atoms with E-state index in [0.717, 1.165) is 30.4 Å². The van der Waals surface area contributed by atoms with Gasteiger partial charge in [-0.15, -0.1) is 0 Å². The van der Waals surface area contributed by atoms with E-state index in [1.54, 1.807) is 13.0 Å². The summed E-state index contributed by atoms with van der Waals surface area (Å²) in [5.41, 5.74) is 7.98. The molecule has 2 rings (SSSR count). The minimum Gasteiger partial charge on any atom is -0.324 e. The van der Waals surface area contributed by atoms with E-state index < -0.39 is 0 Å². The number of hydrogen-bond donors (Lipinski definition) is 1. The first-order valence-electron chi connectivity index (χ1n) is 4.86. The molecule has 1 atom stereocenters. The zero-order chi connectivity index (χ0) is 10.3. The summed E-state index contributed by atoms with van der Waals surface area (Å²) in [6.07, 6.45) is 2.68. The standard InChI is InChI=1S/C11H13ClFN/c1-6(14)9-5-10(12)7-3-2-4-8(7)11(9)13/h5-6H,2-4,14H2,1H3/t6-/m0/s1. The molecule has 0 fully saturated rings. The van der Waals surface area contributed by atoms with Crippen LogP contribution in [0.4, 0.5) is 4.39 Å². The summed E-state index contributed by atoms with van der Waals surface area (Å²) >= 11 is 6.07. The summed E-state index contributed by atoms with van der Waals surface area (Å²) in [4.78, 5) is 0. The minimum absolute atomic E-state index is 0.142. The summed E-state index contributed by atoms with van der Waals surface area (Å²) in [6.45, 7) is 1.77. The smallest absolute Gasteiger partial charge is 0.131 e. The molecule has 1 aliphatic rings. The summed E-state index contributed by atoms with van der Waals surface area (Å²) in [6, 6.07) is 1.38. The van der Waals surface area contributed by atoms with Crippen molar-refractivity contribution in [2.45, 2.75) is 32.2 Å². The third-order valence-corrected chi connectivity index (χ3v) is 3.13. The summed E-state index contributed by atoms with van der Waals surface area (Å²) in [7, 11) is 0. The van der Waals surface area contributed by atoms with Crippen molar-refractivity contribution in [1.29, 1.82) is 0 Å². The normalized spacial score (nSPS) is 16.9. The Hall–Kier alpha value is -0.600. The monoisotopic (exact) mass is 213 g/mol. The van der Waals surface area contributed by atoms with Gasteiger partial charge in [0.1, 0.15) is 5.82 Å². The maximum Gasteiger partial charge on any atom is 0.131 e. The molecule has 14 heavy (non-hydrogen) atoms. The van der Waals surface area contributed by atoms with Crippen LogP contribution in [-0.2, 0) is 12.8 Å². The maximum atomic E-state index is 13.9. The Morgan fingerprint density at radius 3 is 2.71 bits per heavy atom. The van der Waals surface area contributed by atoms with E-state index in [-0.39, 0.29) is 11.9 Å². The van der Waals surface area contributed by atoms with Crippen LogP contribution >= 0.6 is 11.6 Å². The van der Waals surface area contributed by atoms with Crippen molar-refractivity contribution in [3.05, 3.63) is 33.6 Å². The maximum absolute atomic E-state index is 13.9. The van der Waals surface area contributed by atoms with Gasteiger partial charge < -0.3 is 5.73 Å². The molecule has 0 heterocycles. The predicted octanol–water partition coefficient (Wildman–Crippen LogP) is 2.99. The predicted molar refractivity (Wildman–Crippen MR) is 56.0 cm³/mol. The number of benzene rings is 1. The first kappa shape index (κ1) is 9.94. The molecule has 3 heteroatoms. The van der Waals surface area contributed by atoms with Gasteiger partial charge in [-0.1, -0.05) is 11.6 Å². The molecular weight excluding hydrogens is 201 g/mol. The van der Waals surface area contributed by atoms with Gasteiger partial charge in [0.2, 0.25) is 0 Å². The Bertz CT molecular complexity index is 374. The molecule has 0 aromatic heterocycles. The lowest BCUT2D eigenvalue weighted by Crippen LogP contribution is -2.09. The molecule has 0 amide bonds. The second kappa shape index (κ2) is 3.52. The van der Waals surface area contributed by atoms with Crippen LogP contribution in [0.25, 0.3) is 0 Å². The molecule has 1 nitrogen and oxygen atoms in total. The highest BCUT2D eigenvalue weighted by Crippen LogP contribution is 2.34. The largest absolute Gasteiger partial charge is 0.324 e. The molecule has 0 bridgehead atoms. The van der Waals surface area contributed by atoms with E-state index in [2.05, 4.69) is 0 Å². The van der Waals surface area contributed by atoms with Gasteiger partial charge in [-0.25, -0.2) is 4.39 Å². The lowest BCUT2D eigenvalue weighted by Gasteiger charge is -2.12. The van der Waals surface area contributed by atoms with Crippen molar-refractivity contribution in [2.24, 2.45) is 5.73 Å². The van der Waals surface area contributed by atoms with Crippen LogP contribution in [0.15, 0.2) is 6.07 Å². The van der Waals surface area contributed by atoms with Gasteiger partial charge in [0.15, 0.2) is 0 Å². The van der Waals surface area contributed by atoms with Crippen LogP contribution in [-0.4, -0.2) is 0 Å². The van der Waals surface area contributed by atoms with Crippen LogP contribution in [0.5, 0.6) is 0 Å². The SMILES string of the molecule is C[C@H](N)c1cc(Cl)c2c(c1F)CCC2. The Morgan fingerprint density at radius 2 is 2.07 bits per heavy atom. The van der Waals surface area contributed by atoms with Crippen LogP contribution < -0.4 is 5.73 Å². The van der Waals surface area contributed by atoms with Gasteiger partial charge >= 0.3 is 0 Å². The zero-order valence-corrected chi connectivity index (χ0v) is 8.87. The summed E-state index contributed by atoms with van der Waals surface area (Å²) in [5, 5.41) is 0.672. The van der Waals surface area contributed by atoms with Crippen molar-refractivity contribution in [1.82, 2.24) is 0 Å². The van der Waals surface area contributed by atoms with E-state index >= 15 is 0 Å². The van der Waals surface area contributed by atoms with Crippen LogP contribution in [0, 0.1) is 5.82 Å². The second-order valence-electron chi connectivity index (χ2n) is 3.86. The molecule has 1 aromatic rings. The third kappa shape index (κ3) is 1.43. The van der Waals surface area contributed by atoms with Gasteiger partial charge in [-0.05, 0) is 43.4 Å². The molecule has 1 aromatic carbocycles. The highest BCUT2D eigenvalue weighted by molar-refractivity contribution is 6.31. The first-order valence-corrected chi connectivity index (χ1v) is 5.24. The highest BCUT2D eigenvalue weighted by atomic mass is 35.5. The lowest BCUT2D eigenvalue weighted by atomic mass is 10.0. The van der Waals surface area contributed by atoms with Gasteiger partial charge in [0.05, 0.1) is 0 Å². The highest BCUT2D eigenvalue weighted by Gasteiger charge is 2.22. The average molecular weight is 214 g/mol. The molecule has 0 unspecified atom stereocenters. The number of halogens is 2. The lowest BCUT2D eigenvalue weighted by molar-refractivity contribution is 0.580. The van der Waals surface area contributed by atoms with Crippen LogP contribution in [0.2, 0.25) is 5.02 Å². The van der Waals surface area contributed by atoms with Crippen molar-refractivity contribution in [3.63, 3.8) is 0 Å². The van der Waals surface area contributed by atoms with E-state index in [4.69, 9.17) is 17.3 Å². The van der Waals surface area contributed by atoms with E-state index in [1.165, 1.54) is 0 Å². The van der Waals surface area contributed by atoms with Crippen molar-refractivity contribution >= 4 is 11.6 Å². The number of fused-ring (bicyclic) bond motifs is 1. The Morgan fingerprint density at radius 1 is 1.43 bits per heavy atom. The molecule has 0 saturated carbocycles. The average Bonchev–Trinajstić information content (AvgIpc) is 2.59. The third-order valence-electron chi connectivity index (χ3n) is 2.80. The van der Waals surface area contributed by atoms with Crippen molar-refractivity contribution in [2.75, 3.05) is 0 Å². The number of nitrogens with two attached hydrogens (primary N) is 1. The molecule has 1 aliphatic carbocycles. The van der Waals surface area contributed by atoms with E-state index in [0.29, 0.717) is 10.6 Å². The summed E-state index contributed by atoms with van der Waals surface area (Å²) < 4.78 is 13.9.